The summed E-state index contributed by atoms with van der Waals surface area (Å²) in [6.07, 6.45) is 0. The topological polar surface area (TPSA) is 124 Å². The first-order valence-corrected chi connectivity index (χ1v) is 10.4. The number of aromatic amines is 1. The van der Waals surface area contributed by atoms with Crippen LogP contribution in [0.5, 0.6) is 5.75 Å². The van der Waals surface area contributed by atoms with Crippen molar-refractivity contribution in [3.05, 3.63) is 42.5 Å². The Morgan fingerprint density at radius 3 is 2.38 bits per heavy atom. The molecule has 0 spiro atoms. The molecule has 0 aliphatic carbocycles. The summed E-state index contributed by atoms with van der Waals surface area (Å²) in [4.78, 5) is 32.8. The van der Waals surface area contributed by atoms with Crippen LogP contribution in [0.2, 0.25) is 0 Å². The minimum Gasteiger partial charge on any atom is -0.494 e. The molecule has 0 saturated heterocycles. The molecule has 0 saturated carbocycles. The summed E-state index contributed by atoms with van der Waals surface area (Å²) in [6.45, 7) is 2.83. The van der Waals surface area contributed by atoms with Gasteiger partial charge in [-0.2, -0.15) is 4.73 Å². The van der Waals surface area contributed by atoms with Crippen LogP contribution in [0.15, 0.2) is 51.3 Å². The third-order valence-electron chi connectivity index (χ3n) is 5.30. The molecule has 10 nitrogen and oxygen atoms in total. The van der Waals surface area contributed by atoms with Crippen molar-refractivity contribution in [2.75, 3.05) is 24.9 Å². The molecule has 0 aliphatic heterocycles. The normalized spacial score (nSPS) is 11.2. The van der Waals surface area contributed by atoms with E-state index in [1.54, 1.807) is 22.9 Å². The maximum absolute atomic E-state index is 12.2. The van der Waals surface area contributed by atoms with E-state index in [9.17, 15) is 9.59 Å². The van der Waals surface area contributed by atoms with E-state index in [4.69, 9.17) is 18.4 Å². The van der Waals surface area contributed by atoms with Crippen molar-refractivity contribution in [2.24, 2.45) is 0 Å². The molecular weight excluding hydrogens is 440 g/mol. The summed E-state index contributed by atoms with van der Waals surface area (Å²) in [5, 5.41) is 5.61. The highest BCUT2D eigenvalue weighted by atomic mass is 16.6. The molecule has 0 radical (unpaired) electrons. The molecule has 3 aromatic carbocycles. The summed E-state index contributed by atoms with van der Waals surface area (Å²) in [7, 11) is 3.04. The Labute approximate surface area is 192 Å². The lowest BCUT2D eigenvalue weighted by molar-refractivity contribution is -0.115. The maximum Gasteiger partial charge on any atom is 0.221 e. The van der Waals surface area contributed by atoms with E-state index in [-0.39, 0.29) is 11.8 Å². The number of hydrogen-bond donors (Lipinski definition) is 3. The standard InChI is InChI=1S/C24H22N4O6/c1-12(29)25-14-9-15-20(11-19(14)31-3)34-24-16(27-15)10-21-23(22(24)26-13(2)30)28(32-4)17-7-5-6-8-18(17)33-21/h5-11,27H,1-4H3,(H,25,29)(H,26,30). The predicted octanol–water partition coefficient (Wildman–Crippen LogP) is 4.72. The fourth-order valence-corrected chi connectivity index (χ4v) is 4.00. The molecule has 0 atom stereocenters. The molecule has 5 rings (SSSR count). The average molecular weight is 462 g/mol. The number of fused-ring (bicyclic) bond motifs is 4. The average Bonchev–Trinajstić information content (AvgIpc) is 2.80. The van der Waals surface area contributed by atoms with Gasteiger partial charge in [0.1, 0.15) is 24.1 Å². The van der Waals surface area contributed by atoms with Crippen LogP contribution in [0, 0.1) is 0 Å². The first-order chi connectivity index (χ1) is 16.4. The number of nitrogens with zero attached hydrogens (tertiary/aromatic N) is 1. The van der Waals surface area contributed by atoms with Crippen LogP contribution in [-0.2, 0) is 9.59 Å². The first kappa shape index (κ1) is 21.3. The minimum absolute atomic E-state index is 0.232. The highest BCUT2D eigenvalue weighted by molar-refractivity contribution is 6.11. The number of amides is 2. The van der Waals surface area contributed by atoms with Crippen LogP contribution in [0.4, 0.5) is 11.4 Å². The van der Waals surface area contributed by atoms with Gasteiger partial charge in [-0.15, -0.1) is 0 Å². The van der Waals surface area contributed by atoms with Crippen LogP contribution in [-0.4, -0.2) is 35.7 Å². The Bertz CT molecular complexity index is 1650. The molecule has 34 heavy (non-hydrogen) atoms. The number of H-pyrrole nitrogens is 1. The van der Waals surface area contributed by atoms with Gasteiger partial charge >= 0.3 is 0 Å². The molecule has 0 fully saturated rings. The van der Waals surface area contributed by atoms with E-state index >= 15 is 0 Å². The molecule has 2 heterocycles. The number of hydrogen-bond acceptors (Lipinski definition) is 6. The number of carbonyl (C=O) groups is 2. The van der Waals surface area contributed by atoms with Crippen molar-refractivity contribution < 1.29 is 28.0 Å². The lowest BCUT2D eigenvalue weighted by Gasteiger charge is -2.18. The number of rotatable bonds is 4. The van der Waals surface area contributed by atoms with Crippen LogP contribution < -0.4 is 20.2 Å². The molecule has 3 N–H and O–H groups in total. The van der Waals surface area contributed by atoms with Gasteiger partial charge in [-0.05, 0) is 18.2 Å². The van der Waals surface area contributed by atoms with Crippen molar-refractivity contribution in [2.45, 2.75) is 13.8 Å². The predicted molar refractivity (Wildman–Crippen MR) is 129 cm³/mol. The number of aromatic nitrogens is 2. The van der Waals surface area contributed by atoms with Crippen LogP contribution in [0.3, 0.4) is 0 Å². The molecule has 5 aromatic rings. The molecule has 0 bridgehead atoms. The zero-order valence-electron chi connectivity index (χ0n) is 18.9. The number of ether oxygens (including phenoxy) is 1. The molecule has 2 aromatic heterocycles. The summed E-state index contributed by atoms with van der Waals surface area (Å²) in [5.41, 5.74) is 5.07. The van der Waals surface area contributed by atoms with Crippen LogP contribution in [0.1, 0.15) is 13.8 Å². The monoisotopic (exact) mass is 462 g/mol. The second-order valence-electron chi connectivity index (χ2n) is 7.66. The third-order valence-corrected chi connectivity index (χ3v) is 5.30. The fourth-order valence-electron chi connectivity index (χ4n) is 4.00. The second kappa shape index (κ2) is 8.07. The summed E-state index contributed by atoms with van der Waals surface area (Å²) in [6, 6.07) is 12.5. The number of methoxy groups -OCH3 is 1. The number of para-hydroxylation sites is 2. The van der Waals surface area contributed by atoms with Gasteiger partial charge in [-0.3, -0.25) is 9.59 Å². The fraction of sp³-hybridized carbons (Fsp3) is 0.167. The van der Waals surface area contributed by atoms with E-state index in [1.165, 1.54) is 28.1 Å². The van der Waals surface area contributed by atoms with E-state index in [2.05, 4.69) is 15.6 Å². The highest BCUT2D eigenvalue weighted by Crippen LogP contribution is 2.38. The lowest BCUT2D eigenvalue weighted by atomic mass is 10.2. The van der Waals surface area contributed by atoms with Gasteiger partial charge in [0.05, 0.1) is 23.8 Å². The Morgan fingerprint density at radius 2 is 1.68 bits per heavy atom. The zero-order valence-corrected chi connectivity index (χ0v) is 18.9. The van der Waals surface area contributed by atoms with E-state index in [0.717, 1.165) is 0 Å². The minimum atomic E-state index is -0.293. The number of benzene rings is 3. The van der Waals surface area contributed by atoms with E-state index in [1.807, 2.05) is 24.3 Å². The largest absolute Gasteiger partial charge is 0.494 e. The Balaban J connectivity index is 1.92. The van der Waals surface area contributed by atoms with Crippen LogP contribution in [0.25, 0.3) is 44.4 Å². The van der Waals surface area contributed by atoms with Gasteiger partial charge in [-0.1, -0.05) is 12.1 Å². The van der Waals surface area contributed by atoms with Gasteiger partial charge in [0, 0.05) is 26.0 Å². The highest BCUT2D eigenvalue weighted by Gasteiger charge is 2.20. The van der Waals surface area contributed by atoms with Gasteiger partial charge in [-0.25, -0.2) is 0 Å². The van der Waals surface area contributed by atoms with Crippen molar-refractivity contribution in [3.63, 3.8) is 0 Å². The SMILES string of the molecule is COc1cc2oc3c(NC(C)=O)c4c(cc3[nH]c2cc1NC(C)=O)oc1ccccc1n4OC. The summed E-state index contributed by atoms with van der Waals surface area (Å²) in [5.74, 6) is -0.100. The quantitative estimate of drug-likeness (QED) is 0.332. The van der Waals surface area contributed by atoms with Crippen molar-refractivity contribution in [1.29, 1.82) is 0 Å². The molecule has 10 heteroatoms. The van der Waals surface area contributed by atoms with Crippen molar-refractivity contribution in [1.82, 2.24) is 9.71 Å². The van der Waals surface area contributed by atoms with E-state index < -0.39 is 0 Å². The molecular formula is C24H22N4O6. The zero-order chi connectivity index (χ0) is 24.0. The molecule has 2 amide bonds. The van der Waals surface area contributed by atoms with Crippen LogP contribution >= 0.6 is 0 Å². The maximum atomic E-state index is 12.2. The number of nitrogens with one attached hydrogen (secondary N) is 3. The van der Waals surface area contributed by atoms with Crippen molar-refractivity contribution >= 4 is 67.6 Å². The Kier molecular flexibility index (Phi) is 5.05. The van der Waals surface area contributed by atoms with Gasteiger partial charge in [0.15, 0.2) is 27.8 Å². The number of anilines is 2. The molecule has 0 unspecified atom stereocenters. The Hall–Kier alpha value is -4.60. The molecule has 0 aliphatic rings. The van der Waals surface area contributed by atoms with E-state index in [0.29, 0.717) is 61.5 Å². The first-order valence-electron chi connectivity index (χ1n) is 10.4. The third kappa shape index (κ3) is 3.45. The smallest absolute Gasteiger partial charge is 0.221 e. The molecule has 174 valence electrons. The van der Waals surface area contributed by atoms with Crippen molar-refractivity contribution in [3.8, 4) is 5.75 Å². The van der Waals surface area contributed by atoms with Gasteiger partial charge < -0.3 is 34.0 Å². The lowest BCUT2D eigenvalue weighted by Crippen LogP contribution is -2.14. The van der Waals surface area contributed by atoms with Gasteiger partial charge in [0.25, 0.3) is 0 Å². The second-order valence-corrected chi connectivity index (χ2v) is 7.66. The summed E-state index contributed by atoms with van der Waals surface area (Å²) < 4.78 is 19.4. The van der Waals surface area contributed by atoms with Gasteiger partial charge in [0.2, 0.25) is 11.8 Å². The number of carbonyl (C=O) groups excluding carboxylic acids is 2. The Morgan fingerprint density at radius 1 is 0.912 bits per heavy atom. The summed E-state index contributed by atoms with van der Waals surface area (Å²) >= 11 is 0.